The highest BCUT2D eigenvalue weighted by atomic mass is 19.1. The van der Waals surface area contributed by atoms with Crippen LogP contribution in [-0.2, 0) is 0 Å². The lowest BCUT2D eigenvalue weighted by atomic mass is 10.2. The molecule has 3 nitrogen and oxygen atoms in total. The molecule has 3 rings (SSSR count). The fraction of sp³-hybridized carbons (Fsp3) is 0. The molecule has 20 heavy (non-hydrogen) atoms. The van der Waals surface area contributed by atoms with E-state index >= 15 is 0 Å². The van der Waals surface area contributed by atoms with Gasteiger partial charge in [-0.3, -0.25) is 0 Å². The maximum atomic E-state index is 13.8. The molecule has 0 aliphatic carbocycles. The Bertz CT molecular complexity index is 751. The number of anilines is 1. The van der Waals surface area contributed by atoms with Gasteiger partial charge in [0.15, 0.2) is 5.82 Å². The van der Waals surface area contributed by atoms with Crippen LogP contribution in [0.3, 0.4) is 0 Å². The summed E-state index contributed by atoms with van der Waals surface area (Å²) in [6.45, 7) is 0. The topological polar surface area (TPSA) is 43.8 Å². The molecule has 0 saturated heterocycles. The van der Waals surface area contributed by atoms with E-state index in [1.807, 2.05) is 30.3 Å². The minimum Gasteiger partial charge on any atom is -0.384 e. The van der Waals surface area contributed by atoms with Gasteiger partial charge in [0.05, 0.1) is 5.69 Å². The van der Waals surface area contributed by atoms with Crippen molar-refractivity contribution in [1.82, 2.24) is 9.78 Å². The van der Waals surface area contributed by atoms with Gasteiger partial charge in [-0.1, -0.05) is 30.3 Å². The summed E-state index contributed by atoms with van der Waals surface area (Å²) in [5.41, 5.74) is 7.48. The average molecular weight is 271 g/mol. The predicted octanol–water partition coefficient (Wildman–Crippen LogP) is 3.40. The molecule has 0 unspecified atom stereocenters. The summed E-state index contributed by atoms with van der Waals surface area (Å²) in [6.07, 6.45) is 0. The number of benzene rings is 2. The van der Waals surface area contributed by atoms with Crippen molar-refractivity contribution in [3.8, 4) is 16.9 Å². The lowest BCUT2D eigenvalue weighted by Crippen LogP contribution is -2.04. The summed E-state index contributed by atoms with van der Waals surface area (Å²) in [4.78, 5) is 0. The molecule has 5 heteroatoms. The number of nitrogens with zero attached hydrogens (tertiary/aromatic N) is 2. The third-order valence-electron chi connectivity index (χ3n) is 2.94. The maximum Gasteiger partial charge on any atom is 0.151 e. The minimum absolute atomic E-state index is 0.117. The van der Waals surface area contributed by atoms with Crippen LogP contribution in [0.5, 0.6) is 0 Å². The van der Waals surface area contributed by atoms with Gasteiger partial charge in [0.2, 0.25) is 0 Å². The molecular weight excluding hydrogens is 260 g/mol. The highest BCUT2D eigenvalue weighted by Crippen LogP contribution is 2.24. The second kappa shape index (κ2) is 4.77. The van der Waals surface area contributed by atoms with E-state index in [2.05, 4.69) is 5.10 Å². The van der Waals surface area contributed by atoms with Crippen molar-refractivity contribution in [3.05, 3.63) is 66.2 Å². The van der Waals surface area contributed by atoms with Crippen LogP contribution in [0.15, 0.2) is 54.6 Å². The molecule has 100 valence electrons. The molecule has 1 heterocycles. The smallest absolute Gasteiger partial charge is 0.151 e. The Hall–Kier alpha value is -2.69. The van der Waals surface area contributed by atoms with Gasteiger partial charge in [-0.05, 0) is 12.1 Å². The van der Waals surface area contributed by atoms with E-state index in [1.54, 1.807) is 6.07 Å². The highest BCUT2D eigenvalue weighted by Gasteiger charge is 2.12. The van der Waals surface area contributed by atoms with Crippen molar-refractivity contribution in [2.45, 2.75) is 0 Å². The molecular formula is C15H11F2N3. The Balaban J connectivity index is 2.10. The van der Waals surface area contributed by atoms with E-state index in [0.717, 1.165) is 11.6 Å². The van der Waals surface area contributed by atoms with Crippen LogP contribution in [0.2, 0.25) is 0 Å². The summed E-state index contributed by atoms with van der Waals surface area (Å²) in [7, 11) is 0. The molecule has 0 amide bonds. The third kappa shape index (κ3) is 2.14. The van der Waals surface area contributed by atoms with E-state index in [0.29, 0.717) is 5.69 Å². The second-order valence-electron chi connectivity index (χ2n) is 4.33. The van der Waals surface area contributed by atoms with E-state index in [-0.39, 0.29) is 11.5 Å². The summed E-state index contributed by atoms with van der Waals surface area (Å²) in [6, 6.07) is 14.3. The van der Waals surface area contributed by atoms with E-state index in [9.17, 15) is 8.78 Å². The Kier molecular flexibility index (Phi) is 2.95. The number of halogens is 2. The van der Waals surface area contributed by atoms with Crippen molar-refractivity contribution >= 4 is 5.82 Å². The number of hydrogen-bond acceptors (Lipinski definition) is 2. The molecule has 0 bridgehead atoms. The Morgan fingerprint density at radius 1 is 0.950 bits per heavy atom. The summed E-state index contributed by atoms with van der Waals surface area (Å²) >= 11 is 0. The molecule has 0 atom stereocenters. The second-order valence-corrected chi connectivity index (χ2v) is 4.33. The minimum atomic E-state index is -0.709. The molecule has 0 radical (unpaired) electrons. The third-order valence-corrected chi connectivity index (χ3v) is 2.94. The number of nitrogen functional groups attached to an aromatic ring is 1. The Morgan fingerprint density at radius 2 is 1.70 bits per heavy atom. The zero-order chi connectivity index (χ0) is 14.1. The van der Waals surface area contributed by atoms with Gasteiger partial charge in [0.25, 0.3) is 0 Å². The first-order valence-corrected chi connectivity index (χ1v) is 6.01. The van der Waals surface area contributed by atoms with E-state index in [4.69, 9.17) is 5.73 Å². The standard InChI is InChI=1S/C15H11F2N3/c16-11-6-7-14(12(17)8-11)20-15(18)9-13(19-20)10-4-2-1-3-5-10/h1-9H,18H2. The van der Waals surface area contributed by atoms with Crippen LogP contribution in [0.4, 0.5) is 14.6 Å². The zero-order valence-electron chi connectivity index (χ0n) is 10.4. The highest BCUT2D eigenvalue weighted by molar-refractivity contribution is 5.63. The van der Waals surface area contributed by atoms with Crippen molar-refractivity contribution in [2.75, 3.05) is 5.73 Å². The van der Waals surface area contributed by atoms with E-state index < -0.39 is 11.6 Å². The SMILES string of the molecule is Nc1cc(-c2ccccc2)nn1-c1ccc(F)cc1F. The van der Waals surface area contributed by atoms with Crippen LogP contribution in [-0.4, -0.2) is 9.78 Å². The fourth-order valence-electron chi connectivity index (χ4n) is 1.99. The Morgan fingerprint density at radius 3 is 2.40 bits per heavy atom. The zero-order valence-corrected chi connectivity index (χ0v) is 10.4. The first kappa shape index (κ1) is 12.3. The first-order chi connectivity index (χ1) is 9.65. The molecule has 3 aromatic rings. The van der Waals surface area contributed by atoms with Crippen LogP contribution >= 0.6 is 0 Å². The summed E-state index contributed by atoms with van der Waals surface area (Å²) in [5, 5.41) is 4.27. The molecule has 0 fully saturated rings. The molecule has 2 N–H and O–H groups in total. The lowest BCUT2D eigenvalue weighted by molar-refractivity contribution is 0.574. The molecule has 0 saturated carbocycles. The predicted molar refractivity (Wildman–Crippen MR) is 73.3 cm³/mol. The lowest BCUT2D eigenvalue weighted by Gasteiger charge is -2.05. The van der Waals surface area contributed by atoms with Crippen molar-refractivity contribution in [2.24, 2.45) is 0 Å². The average Bonchev–Trinajstić information content (AvgIpc) is 2.82. The van der Waals surface area contributed by atoms with Crippen molar-refractivity contribution in [1.29, 1.82) is 0 Å². The van der Waals surface area contributed by atoms with Crippen LogP contribution in [0.1, 0.15) is 0 Å². The van der Waals surface area contributed by atoms with Crippen molar-refractivity contribution < 1.29 is 8.78 Å². The number of hydrogen-bond donors (Lipinski definition) is 1. The largest absolute Gasteiger partial charge is 0.384 e. The quantitative estimate of drug-likeness (QED) is 0.776. The normalized spacial score (nSPS) is 10.7. The van der Waals surface area contributed by atoms with Gasteiger partial charge in [0, 0.05) is 17.7 Å². The van der Waals surface area contributed by atoms with Crippen LogP contribution in [0.25, 0.3) is 16.9 Å². The molecule has 1 aromatic heterocycles. The monoisotopic (exact) mass is 271 g/mol. The van der Waals surface area contributed by atoms with Gasteiger partial charge in [-0.2, -0.15) is 5.10 Å². The maximum absolute atomic E-state index is 13.8. The van der Waals surface area contributed by atoms with Crippen LogP contribution in [0, 0.1) is 11.6 Å². The number of rotatable bonds is 2. The fourth-order valence-corrected chi connectivity index (χ4v) is 1.99. The van der Waals surface area contributed by atoms with Gasteiger partial charge >= 0.3 is 0 Å². The van der Waals surface area contributed by atoms with Gasteiger partial charge in [-0.25, -0.2) is 13.5 Å². The van der Waals surface area contributed by atoms with Gasteiger partial charge < -0.3 is 5.73 Å². The Labute approximate surface area is 114 Å². The van der Waals surface area contributed by atoms with Gasteiger partial charge in [-0.15, -0.1) is 0 Å². The molecule has 0 spiro atoms. The first-order valence-electron chi connectivity index (χ1n) is 6.01. The van der Waals surface area contributed by atoms with Gasteiger partial charge in [0.1, 0.15) is 17.3 Å². The molecule has 0 aliphatic rings. The molecule has 2 aromatic carbocycles. The number of aromatic nitrogens is 2. The van der Waals surface area contributed by atoms with Crippen LogP contribution < -0.4 is 5.73 Å². The summed E-state index contributed by atoms with van der Waals surface area (Å²) < 4.78 is 28.0. The number of nitrogens with two attached hydrogens (primary N) is 1. The molecule has 0 aliphatic heterocycles. The summed E-state index contributed by atoms with van der Waals surface area (Å²) in [5.74, 6) is -1.06. The van der Waals surface area contributed by atoms with E-state index in [1.165, 1.54) is 16.8 Å². The van der Waals surface area contributed by atoms with Crippen molar-refractivity contribution in [3.63, 3.8) is 0 Å².